The first kappa shape index (κ1) is 15.6. The Morgan fingerprint density at radius 2 is 2.26 bits per heavy atom. The molecule has 0 fully saturated rings. The maximum atomic E-state index is 11.9. The highest BCUT2D eigenvalue weighted by molar-refractivity contribution is 7.99. The molecule has 2 heterocycles. The molecule has 0 aliphatic heterocycles. The number of aryl methyl sites for hydroxylation is 2. The topological polar surface area (TPSA) is 85.6 Å². The van der Waals surface area contributed by atoms with E-state index in [-0.39, 0.29) is 11.7 Å². The number of aromatic nitrogens is 5. The predicted molar refractivity (Wildman–Crippen MR) is 90.1 cm³/mol. The lowest BCUT2D eigenvalue weighted by molar-refractivity contribution is -0.113. The lowest BCUT2D eigenvalue weighted by Gasteiger charge is -2.08. The summed E-state index contributed by atoms with van der Waals surface area (Å²) in [5.74, 6) is 0.0747. The molecule has 3 rings (SSSR count). The molecule has 0 radical (unpaired) electrons. The molecular weight excluding hydrogens is 332 g/mol. The van der Waals surface area contributed by atoms with Gasteiger partial charge in [-0.1, -0.05) is 23.9 Å². The Morgan fingerprint density at radius 3 is 3.04 bits per heavy atom. The molecule has 0 aliphatic rings. The number of rotatable bonds is 5. The standard InChI is InChI=1S/C14H14N6OS2/c1-9-3-4-10(2)11(7-9)20-14(17-18-19-20)23-8-12(21)16-13-15-5-6-22-13/h3-7H,8H2,1-2H3,(H,15,16,21). The lowest BCUT2D eigenvalue weighted by Crippen LogP contribution is -2.14. The van der Waals surface area contributed by atoms with Gasteiger partial charge in [0.05, 0.1) is 11.4 Å². The summed E-state index contributed by atoms with van der Waals surface area (Å²) in [6, 6.07) is 6.08. The molecule has 0 spiro atoms. The van der Waals surface area contributed by atoms with Crippen molar-refractivity contribution in [3.63, 3.8) is 0 Å². The lowest BCUT2D eigenvalue weighted by atomic mass is 10.1. The second kappa shape index (κ2) is 6.88. The van der Waals surface area contributed by atoms with E-state index in [9.17, 15) is 4.79 Å². The van der Waals surface area contributed by atoms with Gasteiger partial charge in [-0.25, -0.2) is 4.98 Å². The normalized spacial score (nSPS) is 10.7. The van der Waals surface area contributed by atoms with E-state index in [0.717, 1.165) is 16.8 Å². The number of thioether (sulfide) groups is 1. The van der Waals surface area contributed by atoms with E-state index in [1.54, 1.807) is 10.9 Å². The summed E-state index contributed by atoms with van der Waals surface area (Å²) in [5, 5.41) is 17.5. The number of nitrogens with one attached hydrogen (secondary N) is 1. The van der Waals surface area contributed by atoms with Crippen LogP contribution in [-0.4, -0.2) is 36.9 Å². The minimum Gasteiger partial charge on any atom is -0.301 e. The van der Waals surface area contributed by atoms with E-state index in [2.05, 4.69) is 25.8 Å². The van der Waals surface area contributed by atoms with Crippen LogP contribution >= 0.6 is 23.1 Å². The van der Waals surface area contributed by atoms with Crippen LogP contribution in [-0.2, 0) is 4.79 Å². The fraction of sp³-hybridized carbons (Fsp3) is 0.214. The Morgan fingerprint density at radius 1 is 1.39 bits per heavy atom. The fourth-order valence-electron chi connectivity index (χ4n) is 1.94. The van der Waals surface area contributed by atoms with Crippen LogP contribution in [0.2, 0.25) is 0 Å². The van der Waals surface area contributed by atoms with Crippen LogP contribution in [0.15, 0.2) is 34.9 Å². The van der Waals surface area contributed by atoms with Gasteiger partial charge in [0.25, 0.3) is 0 Å². The Balaban J connectivity index is 1.71. The van der Waals surface area contributed by atoms with Gasteiger partial charge in [-0.15, -0.1) is 16.4 Å². The van der Waals surface area contributed by atoms with Crippen molar-refractivity contribution < 1.29 is 4.79 Å². The van der Waals surface area contributed by atoms with Crippen molar-refractivity contribution >= 4 is 34.1 Å². The van der Waals surface area contributed by atoms with Crippen molar-refractivity contribution in [2.75, 3.05) is 11.1 Å². The monoisotopic (exact) mass is 346 g/mol. The van der Waals surface area contributed by atoms with Gasteiger partial charge in [0, 0.05) is 11.6 Å². The van der Waals surface area contributed by atoms with Crippen LogP contribution in [0.1, 0.15) is 11.1 Å². The molecule has 1 N–H and O–H groups in total. The van der Waals surface area contributed by atoms with E-state index < -0.39 is 0 Å². The van der Waals surface area contributed by atoms with Crippen LogP contribution in [0.5, 0.6) is 0 Å². The molecule has 0 saturated heterocycles. The smallest absolute Gasteiger partial charge is 0.236 e. The highest BCUT2D eigenvalue weighted by Gasteiger charge is 2.13. The third-order valence-corrected chi connectivity index (χ3v) is 4.65. The van der Waals surface area contributed by atoms with Crippen LogP contribution in [0.25, 0.3) is 5.69 Å². The molecule has 0 bridgehead atoms. The van der Waals surface area contributed by atoms with Gasteiger partial charge in [-0.05, 0) is 41.5 Å². The number of benzene rings is 1. The Kier molecular flexibility index (Phi) is 4.68. The van der Waals surface area contributed by atoms with Gasteiger partial charge in [0.15, 0.2) is 5.13 Å². The second-order valence-electron chi connectivity index (χ2n) is 4.84. The number of anilines is 1. The highest BCUT2D eigenvalue weighted by atomic mass is 32.2. The average Bonchev–Trinajstić information content (AvgIpc) is 3.19. The molecule has 0 saturated carbocycles. The largest absolute Gasteiger partial charge is 0.301 e. The number of hydrogen-bond donors (Lipinski definition) is 1. The highest BCUT2D eigenvalue weighted by Crippen LogP contribution is 2.22. The van der Waals surface area contributed by atoms with Gasteiger partial charge >= 0.3 is 0 Å². The number of thiazole rings is 1. The maximum absolute atomic E-state index is 11.9. The quantitative estimate of drug-likeness (QED) is 0.714. The second-order valence-corrected chi connectivity index (χ2v) is 6.67. The molecule has 2 aromatic heterocycles. The molecule has 1 amide bonds. The molecule has 0 unspecified atom stereocenters. The Hall–Kier alpha value is -2.26. The number of tetrazole rings is 1. The van der Waals surface area contributed by atoms with E-state index in [0.29, 0.717) is 10.3 Å². The number of amides is 1. The molecule has 1 aromatic carbocycles. The number of carbonyl (C=O) groups is 1. The molecule has 0 atom stereocenters. The van der Waals surface area contributed by atoms with Gasteiger partial charge in [-0.2, -0.15) is 4.68 Å². The van der Waals surface area contributed by atoms with Gasteiger partial charge in [-0.3, -0.25) is 4.79 Å². The van der Waals surface area contributed by atoms with Crippen molar-refractivity contribution in [2.45, 2.75) is 19.0 Å². The SMILES string of the molecule is Cc1ccc(C)c(-n2nnnc2SCC(=O)Nc2nccs2)c1. The van der Waals surface area contributed by atoms with Crippen molar-refractivity contribution in [1.82, 2.24) is 25.2 Å². The predicted octanol–water partition coefficient (Wildman–Crippen LogP) is 2.47. The number of hydrogen-bond acceptors (Lipinski definition) is 7. The van der Waals surface area contributed by atoms with Crippen molar-refractivity contribution in [3.05, 3.63) is 40.9 Å². The van der Waals surface area contributed by atoms with Crippen molar-refractivity contribution in [3.8, 4) is 5.69 Å². The average molecular weight is 346 g/mol. The van der Waals surface area contributed by atoms with Crippen LogP contribution < -0.4 is 5.32 Å². The summed E-state index contributed by atoms with van der Waals surface area (Å²) in [7, 11) is 0. The van der Waals surface area contributed by atoms with Crippen LogP contribution in [0.4, 0.5) is 5.13 Å². The summed E-state index contributed by atoms with van der Waals surface area (Å²) < 4.78 is 1.66. The van der Waals surface area contributed by atoms with Crippen LogP contribution in [0.3, 0.4) is 0 Å². The molecule has 3 aromatic rings. The molecule has 9 heteroatoms. The molecule has 7 nitrogen and oxygen atoms in total. The number of nitrogens with zero attached hydrogens (tertiary/aromatic N) is 5. The summed E-state index contributed by atoms with van der Waals surface area (Å²) in [6.45, 7) is 4.02. The zero-order valence-electron chi connectivity index (χ0n) is 12.6. The molecule has 0 aliphatic carbocycles. The molecule has 23 heavy (non-hydrogen) atoms. The summed E-state index contributed by atoms with van der Waals surface area (Å²) >= 11 is 2.67. The third kappa shape index (κ3) is 3.74. The third-order valence-electron chi connectivity index (χ3n) is 3.04. The van der Waals surface area contributed by atoms with E-state index >= 15 is 0 Å². The van der Waals surface area contributed by atoms with E-state index in [1.807, 2.05) is 37.4 Å². The van der Waals surface area contributed by atoms with Crippen molar-refractivity contribution in [1.29, 1.82) is 0 Å². The van der Waals surface area contributed by atoms with Gasteiger partial charge < -0.3 is 5.32 Å². The van der Waals surface area contributed by atoms with E-state index in [4.69, 9.17) is 0 Å². The first-order valence-electron chi connectivity index (χ1n) is 6.81. The minimum absolute atomic E-state index is 0.138. The zero-order valence-corrected chi connectivity index (χ0v) is 14.2. The van der Waals surface area contributed by atoms with Gasteiger partial charge in [0.2, 0.25) is 11.1 Å². The van der Waals surface area contributed by atoms with Crippen molar-refractivity contribution in [2.24, 2.45) is 0 Å². The zero-order chi connectivity index (χ0) is 16.2. The van der Waals surface area contributed by atoms with Crippen LogP contribution in [0, 0.1) is 13.8 Å². The summed E-state index contributed by atoms with van der Waals surface area (Å²) in [4.78, 5) is 16.0. The maximum Gasteiger partial charge on any atom is 0.236 e. The fourth-order valence-corrected chi connectivity index (χ4v) is 3.17. The summed E-state index contributed by atoms with van der Waals surface area (Å²) in [5.41, 5.74) is 3.10. The first-order chi connectivity index (χ1) is 11.1. The van der Waals surface area contributed by atoms with Gasteiger partial charge in [0.1, 0.15) is 0 Å². The summed E-state index contributed by atoms with van der Waals surface area (Å²) in [6.07, 6.45) is 1.65. The van der Waals surface area contributed by atoms with E-state index in [1.165, 1.54) is 23.1 Å². The Labute approximate surface area is 141 Å². The molecular formula is C14H14N6OS2. The number of carbonyl (C=O) groups excluding carboxylic acids is 1. The first-order valence-corrected chi connectivity index (χ1v) is 8.68. The Bertz CT molecular complexity index is 815. The molecule has 118 valence electrons. The minimum atomic E-state index is -0.138.